The van der Waals surface area contributed by atoms with Crippen molar-refractivity contribution in [1.29, 1.82) is 0 Å². The number of piperidine rings is 1. The molecule has 162 valence electrons. The lowest BCUT2D eigenvalue weighted by molar-refractivity contribution is -0.126. The molecule has 0 spiro atoms. The second-order valence-corrected chi connectivity index (χ2v) is 10.3. The average Bonchev–Trinajstić information content (AvgIpc) is 2.79. The highest BCUT2D eigenvalue weighted by Gasteiger charge is 2.32. The number of hydrogen-bond acceptors (Lipinski definition) is 3. The summed E-state index contributed by atoms with van der Waals surface area (Å²) in [6.07, 6.45) is 1.01. The van der Waals surface area contributed by atoms with E-state index in [4.69, 9.17) is 11.6 Å². The lowest BCUT2D eigenvalue weighted by atomic mass is 9.96. The van der Waals surface area contributed by atoms with Crippen LogP contribution in [0.3, 0.4) is 0 Å². The third-order valence-corrected chi connectivity index (χ3v) is 8.07. The number of halogens is 1. The van der Waals surface area contributed by atoms with E-state index in [1.54, 1.807) is 12.1 Å². The zero-order valence-electron chi connectivity index (χ0n) is 17.3. The van der Waals surface area contributed by atoms with Gasteiger partial charge in [-0.25, -0.2) is 8.42 Å². The fraction of sp³-hybridized carbons (Fsp3) is 0.292. The SMILES string of the molecule is CC(NC(=O)C1CCN(S(=O)(=O)c2ccc(Cl)cc2)CC1)c1ccc2ccccc2c1. The molecule has 4 rings (SSSR count). The van der Waals surface area contributed by atoms with Crippen LogP contribution in [-0.2, 0) is 14.8 Å². The van der Waals surface area contributed by atoms with Crippen molar-refractivity contribution in [1.82, 2.24) is 9.62 Å². The molecular formula is C24H25ClN2O3S. The molecule has 1 amide bonds. The number of hydrogen-bond donors (Lipinski definition) is 1. The molecule has 1 heterocycles. The van der Waals surface area contributed by atoms with Gasteiger partial charge in [0.25, 0.3) is 0 Å². The maximum atomic E-state index is 12.8. The summed E-state index contributed by atoms with van der Waals surface area (Å²) < 4.78 is 27.1. The van der Waals surface area contributed by atoms with E-state index < -0.39 is 10.0 Å². The number of benzene rings is 3. The number of sulfonamides is 1. The molecule has 1 unspecified atom stereocenters. The smallest absolute Gasteiger partial charge is 0.243 e. The van der Waals surface area contributed by atoms with Gasteiger partial charge in [0.15, 0.2) is 0 Å². The van der Waals surface area contributed by atoms with Gasteiger partial charge in [0.2, 0.25) is 15.9 Å². The predicted molar refractivity (Wildman–Crippen MR) is 123 cm³/mol. The Morgan fingerprint density at radius 3 is 2.32 bits per heavy atom. The highest BCUT2D eigenvalue weighted by atomic mass is 35.5. The Labute approximate surface area is 188 Å². The first-order chi connectivity index (χ1) is 14.8. The van der Waals surface area contributed by atoms with Gasteiger partial charge in [0.05, 0.1) is 10.9 Å². The van der Waals surface area contributed by atoms with Gasteiger partial charge in [-0.3, -0.25) is 4.79 Å². The molecule has 3 aromatic rings. The average molecular weight is 457 g/mol. The number of fused-ring (bicyclic) bond motifs is 1. The molecule has 0 bridgehead atoms. The summed E-state index contributed by atoms with van der Waals surface area (Å²) in [6, 6.07) is 20.4. The van der Waals surface area contributed by atoms with Gasteiger partial charge in [0, 0.05) is 24.0 Å². The molecule has 1 atom stereocenters. The first kappa shape index (κ1) is 21.8. The molecule has 7 heteroatoms. The molecule has 1 saturated heterocycles. The van der Waals surface area contributed by atoms with Crippen LogP contribution in [-0.4, -0.2) is 31.7 Å². The van der Waals surface area contributed by atoms with Gasteiger partial charge in [-0.15, -0.1) is 0 Å². The van der Waals surface area contributed by atoms with Crippen LogP contribution in [0.25, 0.3) is 10.8 Å². The molecule has 0 saturated carbocycles. The minimum absolute atomic E-state index is 0.0239. The molecule has 1 aliphatic rings. The van der Waals surface area contributed by atoms with Crippen molar-refractivity contribution in [2.24, 2.45) is 5.92 Å². The number of amides is 1. The van der Waals surface area contributed by atoms with E-state index in [9.17, 15) is 13.2 Å². The number of rotatable bonds is 5. The maximum Gasteiger partial charge on any atom is 0.243 e. The topological polar surface area (TPSA) is 66.5 Å². The molecule has 0 radical (unpaired) electrons. The van der Waals surface area contributed by atoms with E-state index in [2.05, 4.69) is 29.6 Å². The summed E-state index contributed by atoms with van der Waals surface area (Å²) in [7, 11) is -3.57. The molecule has 1 aliphatic heterocycles. The molecular weight excluding hydrogens is 432 g/mol. The van der Waals surface area contributed by atoms with Crippen LogP contribution >= 0.6 is 11.6 Å². The summed E-state index contributed by atoms with van der Waals surface area (Å²) in [4.78, 5) is 13.0. The van der Waals surface area contributed by atoms with Crippen molar-refractivity contribution in [3.05, 3.63) is 77.3 Å². The third-order valence-electron chi connectivity index (χ3n) is 5.91. The largest absolute Gasteiger partial charge is 0.349 e. The van der Waals surface area contributed by atoms with Gasteiger partial charge in [-0.05, 0) is 66.4 Å². The van der Waals surface area contributed by atoms with Gasteiger partial charge < -0.3 is 5.32 Å². The second kappa shape index (κ2) is 8.99. The van der Waals surface area contributed by atoms with Crippen LogP contribution in [0.5, 0.6) is 0 Å². The number of nitrogens with zero attached hydrogens (tertiary/aromatic N) is 1. The Kier molecular flexibility index (Phi) is 6.32. The van der Waals surface area contributed by atoms with E-state index in [1.807, 2.05) is 25.1 Å². The summed E-state index contributed by atoms with van der Waals surface area (Å²) in [5, 5.41) is 5.90. The molecule has 0 aromatic heterocycles. The van der Waals surface area contributed by atoms with E-state index in [0.717, 1.165) is 10.9 Å². The molecule has 1 fully saturated rings. The molecule has 3 aromatic carbocycles. The van der Waals surface area contributed by atoms with Crippen LogP contribution in [0.4, 0.5) is 0 Å². The van der Waals surface area contributed by atoms with Crippen LogP contribution < -0.4 is 5.32 Å². The summed E-state index contributed by atoms with van der Waals surface area (Å²) >= 11 is 5.86. The van der Waals surface area contributed by atoms with Gasteiger partial charge in [-0.2, -0.15) is 4.31 Å². The number of nitrogens with one attached hydrogen (secondary N) is 1. The quantitative estimate of drug-likeness (QED) is 0.601. The first-order valence-electron chi connectivity index (χ1n) is 10.4. The fourth-order valence-electron chi connectivity index (χ4n) is 4.01. The van der Waals surface area contributed by atoms with Gasteiger partial charge in [-0.1, -0.05) is 48.0 Å². The van der Waals surface area contributed by atoms with Crippen LogP contribution in [0.1, 0.15) is 31.4 Å². The van der Waals surface area contributed by atoms with Crippen LogP contribution in [0.15, 0.2) is 71.6 Å². The normalized spacial score (nSPS) is 16.8. The summed E-state index contributed by atoms with van der Waals surface area (Å²) in [5.74, 6) is -0.219. The molecule has 1 N–H and O–H groups in total. The lowest BCUT2D eigenvalue weighted by Gasteiger charge is -2.31. The monoisotopic (exact) mass is 456 g/mol. The van der Waals surface area contributed by atoms with E-state index in [1.165, 1.54) is 21.8 Å². The van der Waals surface area contributed by atoms with Crippen molar-refractivity contribution in [3.8, 4) is 0 Å². The van der Waals surface area contributed by atoms with Gasteiger partial charge >= 0.3 is 0 Å². The van der Waals surface area contributed by atoms with E-state index in [-0.39, 0.29) is 22.8 Å². The van der Waals surface area contributed by atoms with Crippen molar-refractivity contribution in [3.63, 3.8) is 0 Å². The van der Waals surface area contributed by atoms with E-state index in [0.29, 0.717) is 31.0 Å². The van der Waals surface area contributed by atoms with Gasteiger partial charge in [0.1, 0.15) is 0 Å². The highest BCUT2D eigenvalue weighted by Crippen LogP contribution is 2.26. The van der Waals surface area contributed by atoms with Crippen molar-refractivity contribution in [2.75, 3.05) is 13.1 Å². The highest BCUT2D eigenvalue weighted by molar-refractivity contribution is 7.89. The van der Waals surface area contributed by atoms with Crippen molar-refractivity contribution < 1.29 is 13.2 Å². The molecule has 5 nitrogen and oxygen atoms in total. The Bertz CT molecular complexity index is 1190. The Hall–Kier alpha value is -2.41. The molecule has 0 aliphatic carbocycles. The predicted octanol–water partition coefficient (Wildman–Crippen LogP) is 4.77. The Morgan fingerprint density at radius 2 is 1.65 bits per heavy atom. The Morgan fingerprint density at radius 1 is 1.00 bits per heavy atom. The minimum Gasteiger partial charge on any atom is -0.349 e. The maximum absolute atomic E-state index is 12.8. The fourth-order valence-corrected chi connectivity index (χ4v) is 5.60. The number of carbonyl (C=O) groups is 1. The second-order valence-electron chi connectivity index (χ2n) is 7.97. The lowest BCUT2D eigenvalue weighted by Crippen LogP contribution is -2.43. The first-order valence-corrected chi connectivity index (χ1v) is 12.2. The zero-order chi connectivity index (χ0) is 22.0. The Balaban J connectivity index is 1.37. The zero-order valence-corrected chi connectivity index (χ0v) is 18.9. The third kappa shape index (κ3) is 4.76. The summed E-state index contributed by atoms with van der Waals surface area (Å²) in [6.45, 7) is 2.63. The number of carbonyl (C=O) groups excluding carboxylic acids is 1. The standard InChI is InChI=1S/C24H25ClN2O3S/c1-17(20-7-6-18-4-2-3-5-21(18)16-20)26-24(28)19-12-14-27(15-13-19)31(29,30)23-10-8-22(25)9-11-23/h2-11,16-17,19H,12-15H2,1H3,(H,26,28). The molecule has 31 heavy (non-hydrogen) atoms. The van der Waals surface area contributed by atoms with Crippen molar-refractivity contribution >= 4 is 38.3 Å². The summed E-state index contributed by atoms with van der Waals surface area (Å²) in [5.41, 5.74) is 1.05. The van der Waals surface area contributed by atoms with Crippen LogP contribution in [0.2, 0.25) is 5.02 Å². The van der Waals surface area contributed by atoms with E-state index >= 15 is 0 Å². The van der Waals surface area contributed by atoms with Crippen molar-refractivity contribution in [2.45, 2.75) is 30.7 Å². The minimum atomic E-state index is -3.57. The van der Waals surface area contributed by atoms with Crippen LogP contribution in [0, 0.1) is 5.92 Å².